The fourth-order valence-corrected chi connectivity index (χ4v) is 1.61. The third-order valence-electron chi connectivity index (χ3n) is 1.91. The van der Waals surface area contributed by atoms with E-state index in [1.54, 1.807) is 6.07 Å². The third kappa shape index (κ3) is 2.56. The van der Waals surface area contributed by atoms with Crippen LogP contribution < -0.4 is 0 Å². The number of carboxylic acid groups (broad SMARTS) is 1. The van der Waals surface area contributed by atoms with Gasteiger partial charge in [0, 0.05) is 5.33 Å². The number of halogens is 1. The van der Waals surface area contributed by atoms with Gasteiger partial charge in [-0.1, -0.05) is 22.0 Å². The van der Waals surface area contributed by atoms with Crippen LogP contribution in [0.15, 0.2) is 18.2 Å². The number of carbonyl (C=O) groups excluding carboxylic acids is 1. The Morgan fingerprint density at radius 3 is 2.60 bits per heavy atom. The maximum atomic E-state index is 11.3. The molecule has 80 valence electrons. The molecule has 0 fully saturated rings. The normalized spacial score (nSPS) is 9.73. The third-order valence-corrected chi connectivity index (χ3v) is 2.51. The lowest BCUT2D eigenvalue weighted by Crippen LogP contribution is -2.07. The lowest BCUT2D eigenvalue weighted by atomic mass is 10.1. The topological polar surface area (TPSA) is 63.6 Å². The number of hydrogen-bond acceptors (Lipinski definition) is 3. The number of carboxylic acids is 1. The molecule has 0 amide bonds. The Labute approximate surface area is 95.0 Å². The fourth-order valence-electron chi connectivity index (χ4n) is 1.13. The zero-order valence-electron chi connectivity index (χ0n) is 7.99. The molecule has 0 radical (unpaired) electrons. The second-order valence-corrected chi connectivity index (χ2v) is 3.36. The predicted octanol–water partition coefficient (Wildman–Crippen LogP) is 2.07. The number of methoxy groups -OCH3 is 1. The van der Waals surface area contributed by atoms with Gasteiger partial charge in [-0.2, -0.15) is 0 Å². The largest absolute Gasteiger partial charge is 0.478 e. The van der Waals surface area contributed by atoms with Crippen LogP contribution in [0, 0.1) is 0 Å². The van der Waals surface area contributed by atoms with Crippen molar-refractivity contribution < 1.29 is 19.4 Å². The number of hydrogen-bond donors (Lipinski definition) is 1. The molecule has 0 aliphatic rings. The van der Waals surface area contributed by atoms with Crippen LogP contribution in [-0.2, 0) is 10.1 Å². The van der Waals surface area contributed by atoms with E-state index in [-0.39, 0.29) is 11.1 Å². The molecule has 15 heavy (non-hydrogen) atoms. The Morgan fingerprint density at radius 1 is 1.47 bits per heavy atom. The van der Waals surface area contributed by atoms with Gasteiger partial charge in [-0.25, -0.2) is 9.59 Å². The zero-order chi connectivity index (χ0) is 11.4. The van der Waals surface area contributed by atoms with Crippen molar-refractivity contribution in [3.05, 3.63) is 34.9 Å². The average Bonchev–Trinajstić information content (AvgIpc) is 2.27. The van der Waals surface area contributed by atoms with Gasteiger partial charge in [0.25, 0.3) is 0 Å². The van der Waals surface area contributed by atoms with Gasteiger partial charge in [0.2, 0.25) is 0 Å². The Balaban J connectivity index is 3.25. The Hall–Kier alpha value is -1.36. The van der Waals surface area contributed by atoms with Crippen molar-refractivity contribution in [3.63, 3.8) is 0 Å². The first-order valence-corrected chi connectivity index (χ1v) is 5.22. The first kappa shape index (κ1) is 11.7. The van der Waals surface area contributed by atoms with E-state index in [1.165, 1.54) is 19.2 Å². The van der Waals surface area contributed by atoms with E-state index in [2.05, 4.69) is 20.7 Å². The predicted molar refractivity (Wildman–Crippen MR) is 57.4 cm³/mol. The molecule has 0 atom stereocenters. The quantitative estimate of drug-likeness (QED) is 0.676. The van der Waals surface area contributed by atoms with Crippen LogP contribution in [0.5, 0.6) is 0 Å². The lowest BCUT2D eigenvalue weighted by Gasteiger charge is -2.06. The van der Waals surface area contributed by atoms with Crippen LogP contribution in [0.1, 0.15) is 26.3 Å². The highest BCUT2D eigenvalue weighted by Crippen LogP contribution is 2.16. The summed E-state index contributed by atoms with van der Waals surface area (Å²) in [4.78, 5) is 22.0. The summed E-state index contributed by atoms with van der Waals surface area (Å²) in [5, 5.41) is 9.23. The van der Waals surface area contributed by atoms with E-state index >= 15 is 0 Å². The van der Waals surface area contributed by atoms with Crippen molar-refractivity contribution in [2.75, 3.05) is 7.11 Å². The highest BCUT2D eigenvalue weighted by Gasteiger charge is 2.14. The molecule has 0 aliphatic heterocycles. The van der Waals surface area contributed by atoms with Crippen molar-refractivity contribution in [3.8, 4) is 0 Å². The maximum Gasteiger partial charge on any atom is 0.338 e. The molecule has 1 N–H and O–H groups in total. The Morgan fingerprint density at radius 2 is 2.13 bits per heavy atom. The number of benzene rings is 1. The van der Waals surface area contributed by atoms with Gasteiger partial charge in [0.15, 0.2) is 0 Å². The van der Waals surface area contributed by atoms with Crippen LogP contribution in [0.4, 0.5) is 0 Å². The van der Waals surface area contributed by atoms with Crippen LogP contribution >= 0.6 is 15.9 Å². The van der Waals surface area contributed by atoms with Gasteiger partial charge in [0.05, 0.1) is 18.2 Å². The smallest absolute Gasteiger partial charge is 0.338 e. The minimum absolute atomic E-state index is 0.0695. The highest BCUT2D eigenvalue weighted by atomic mass is 79.9. The van der Waals surface area contributed by atoms with Crippen molar-refractivity contribution in [1.29, 1.82) is 0 Å². The SMILES string of the molecule is COC(=O)c1cc(C(=O)O)ccc1CBr. The molecule has 1 aromatic rings. The van der Waals surface area contributed by atoms with Gasteiger partial charge in [-0.15, -0.1) is 0 Å². The van der Waals surface area contributed by atoms with Crippen LogP contribution in [0.3, 0.4) is 0 Å². The van der Waals surface area contributed by atoms with Gasteiger partial charge in [-0.05, 0) is 17.7 Å². The molecule has 0 saturated carbocycles. The molecule has 4 nitrogen and oxygen atoms in total. The van der Waals surface area contributed by atoms with E-state index in [4.69, 9.17) is 5.11 Å². The number of esters is 1. The molecule has 0 unspecified atom stereocenters. The molecular weight excluding hydrogens is 264 g/mol. The Kier molecular flexibility index (Phi) is 3.85. The van der Waals surface area contributed by atoms with E-state index in [1.807, 2.05) is 0 Å². The maximum absolute atomic E-state index is 11.3. The standard InChI is InChI=1S/C10H9BrO4/c1-15-10(14)8-4-6(9(12)13)2-3-7(8)5-11/h2-4H,5H2,1H3,(H,12,13). The fraction of sp³-hybridized carbons (Fsp3) is 0.200. The van der Waals surface area contributed by atoms with E-state index in [9.17, 15) is 9.59 Å². The average molecular weight is 273 g/mol. The van der Waals surface area contributed by atoms with Crippen molar-refractivity contribution in [1.82, 2.24) is 0 Å². The first-order valence-electron chi connectivity index (χ1n) is 4.10. The molecule has 0 saturated heterocycles. The minimum atomic E-state index is -1.07. The van der Waals surface area contributed by atoms with E-state index < -0.39 is 11.9 Å². The van der Waals surface area contributed by atoms with Gasteiger partial charge >= 0.3 is 11.9 Å². The van der Waals surface area contributed by atoms with Gasteiger partial charge < -0.3 is 9.84 Å². The summed E-state index contributed by atoms with van der Waals surface area (Å²) in [6, 6.07) is 4.35. The number of carbonyl (C=O) groups is 2. The second-order valence-electron chi connectivity index (χ2n) is 2.80. The van der Waals surface area contributed by atoms with Crippen LogP contribution in [-0.4, -0.2) is 24.2 Å². The molecule has 0 spiro atoms. The summed E-state index contributed by atoms with van der Waals surface area (Å²) in [5.41, 5.74) is 1.04. The van der Waals surface area contributed by atoms with E-state index in [0.717, 1.165) is 0 Å². The zero-order valence-corrected chi connectivity index (χ0v) is 9.58. The Bertz CT molecular complexity index is 400. The molecule has 0 aliphatic carbocycles. The molecule has 1 aromatic carbocycles. The first-order chi connectivity index (χ1) is 7.10. The summed E-state index contributed by atoms with van der Waals surface area (Å²) in [6.07, 6.45) is 0. The van der Waals surface area contributed by atoms with Gasteiger partial charge in [-0.3, -0.25) is 0 Å². The highest BCUT2D eigenvalue weighted by molar-refractivity contribution is 9.08. The summed E-state index contributed by atoms with van der Waals surface area (Å²) in [7, 11) is 1.26. The molecule has 0 bridgehead atoms. The van der Waals surface area contributed by atoms with Crippen molar-refractivity contribution in [2.45, 2.75) is 5.33 Å². The van der Waals surface area contributed by atoms with Crippen LogP contribution in [0.2, 0.25) is 0 Å². The molecule has 0 aromatic heterocycles. The molecule has 1 rings (SSSR count). The summed E-state index contributed by atoms with van der Waals surface area (Å²) in [6.45, 7) is 0. The second kappa shape index (κ2) is 4.93. The van der Waals surface area contributed by atoms with Crippen LogP contribution in [0.25, 0.3) is 0 Å². The molecule has 5 heteroatoms. The molecule has 0 heterocycles. The number of aromatic carboxylic acids is 1. The summed E-state index contributed by atoms with van der Waals surface area (Å²) in [5.74, 6) is -1.60. The van der Waals surface area contributed by atoms with Crippen molar-refractivity contribution >= 4 is 27.9 Å². The lowest BCUT2D eigenvalue weighted by molar-refractivity contribution is 0.0600. The number of rotatable bonds is 3. The van der Waals surface area contributed by atoms with E-state index in [0.29, 0.717) is 10.9 Å². The van der Waals surface area contributed by atoms with Crippen molar-refractivity contribution in [2.24, 2.45) is 0 Å². The monoisotopic (exact) mass is 272 g/mol. The number of ether oxygens (including phenoxy) is 1. The minimum Gasteiger partial charge on any atom is -0.478 e. The van der Waals surface area contributed by atoms with Gasteiger partial charge in [0.1, 0.15) is 0 Å². The summed E-state index contributed by atoms with van der Waals surface area (Å²) < 4.78 is 4.56. The summed E-state index contributed by atoms with van der Waals surface area (Å²) >= 11 is 3.21. The number of alkyl halides is 1. The molecular formula is C10H9BrO4.